The molecule has 0 aliphatic heterocycles. The summed E-state index contributed by atoms with van der Waals surface area (Å²) in [6.07, 6.45) is -0.390. The standard InChI is InChI=1S/C35H29N3O8/c1-2-46-33(40)34(22-36)29(24-13-9-17-27(19-24)37(42)43)21-35(41,26-15-7-4-8-16-26)31(32(39)23-11-5-3-6-12-23)30(34)25-14-10-18-28(20-25)38(44)45/h3-20,29-31,41H,2,21H2,1H3/t29-,30+,31-,34+,35-/m0/s1. The highest BCUT2D eigenvalue weighted by molar-refractivity contribution is 6.00. The minimum absolute atomic E-state index is 0.0718. The maximum atomic E-state index is 14.7. The van der Waals surface area contributed by atoms with Gasteiger partial charge in [-0.2, -0.15) is 5.26 Å². The normalized spacial score (nSPS) is 23.9. The lowest BCUT2D eigenvalue weighted by Gasteiger charge is -2.54. The summed E-state index contributed by atoms with van der Waals surface area (Å²) in [6, 6.07) is 29.2. The lowest BCUT2D eigenvalue weighted by Crippen LogP contribution is -2.59. The highest BCUT2D eigenvalue weighted by Gasteiger charge is 2.68. The Bertz CT molecular complexity index is 1840. The van der Waals surface area contributed by atoms with E-state index in [0.29, 0.717) is 5.56 Å². The van der Waals surface area contributed by atoms with Gasteiger partial charge in [0.15, 0.2) is 11.2 Å². The molecule has 4 aromatic carbocycles. The smallest absolute Gasteiger partial charge is 0.327 e. The van der Waals surface area contributed by atoms with E-state index < -0.39 is 50.4 Å². The second-order valence-corrected chi connectivity index (χ2v) is 11.1. The zero-order valence-corrected chi connectivity index (χ0v) is 24.7. The Morgan fingerprint density at radius 2 is 1.41 bits per heavy atom. The van der Waals surface area contributed by atoms with Crippen molar-refractivity contribution in [2.75, 3.05) is 6.61 Å². The number of Topliss-reactive ketones (excluding diaryl/α,β-unsaturated/α-hetero) is 1. The van der Waals surface area contributed by atoms with Crippen LogP contribution < -0.4 is 0 Å². The predicted octanol–water partition coefficient (Wildman–Crippen LogP) is 6.23. The topological polar surface area (TPSA) is 174 Å². The van der Waals surface area contributed by atoms with Crippen LogP contribution in [0.25, 0.3) is 0 Å². The Balaban J connectivity index is 1.93. The number of carbonyl (C=O) groups excluding carboxylic acids is 2. The lowest BCUT2D eigenvalue weighted by atomic mass is 9.47. The van der Waals surface area contributed by atoms with Crippen molar-refractivity contribution < 1.29 is 29.3 Å². The van der Waals surface area contributed by atoms with Crippen molar-refractivity contribution in [3.8, 4) is 6.07 Å². The number of hydrogen-bond donors (Lipinski definition) is 1. The minimum atomic E-state index is -2.28. The summed E-state index contributed by atoms with van der Waals surface area (Å²) >= 11 is 0. The number of carbonyl (C=O) groups is 2. The zero-order valence-electron chi connectivity index (χ0n) is 24.7. The molecule has 0 radical (unpaired) electrons. The number of nitriles is 1. The molecule has 0 bridgehead atoms. The first kappa shape index (κ1) is 31.7. The van der Waals surface area contributed by atoms with Gasteiger partial charge >= 0.3 is 5.97 Å². The van der Waals surface area contributed by atoms with E-state index in [9.17, 15) is 40.2 Å². The largest absolute Gasteiger partial charge is 0.465 e. The molecule has 4 aromatic rings. The van der Waals surface area contributed by atoms with Crippen molar-refractivity contribution in [1.82, 2.24) is 0 Å². The van der Waals surface area contributed by atoms with Crippen LogP contribution in [0, 0.1) is 42.9 Å². The lowest BCUT2D eigenvalue weighted by molar-refractivity contribution is -0.385. The number of aliphatic hydroxyl groups is 1. The van der Waals surface area contributed by atoms with E-state index in [2.05, 4.69) is 6.07 Å². The highest BCUT2D eigenvalue weighted by atomic mass is 16.6. The number of rotatable bonds is 9. The highest BCUT2D eigenvalue weighted by Crippen LogP contribution is 2.64. The van der Waals surface area contributed by atoms with Gasteiger partial charge in [0.05, 0.1) is 28.4 Å². The van der Waals surface area contributed by atoms with E-state index in [4.69, 9.17) is 4.74 Å². The average molecular weight is 620 g/mol. The summed E-state index contributed by atoms with van der Waals surface area (Å²) in [6.45, 7) is 1.40. The molecule has 5 rings (SSSR count). The fourth-order valence-corrected chi connectivity index (χ4v) is 6.76. The molecule has 1 N–H and O–H groups in total. The molecule has 11 heteroatoms. The number of nitrogens with zero attached hydrogens (tertiary/aromatic N) is 3. The summed E-state index contributed by atoms with van der Waals surface area (Å²) in [7, 11) is 0. The van der Waals surface area contributed by atoms with E-state index in [1.807, 2.05) is 0 Å². The van der Waals surface area contributed by atoms with Gasteiger partial charge in [-0.25, -0.2) is 0 Å². The van der Waals surface area contributed by atoms with Gasteiger partial charge in [-0.3, -0.25) is 29.8 Å². The second kappa shape index (κ2) is 12.7. The van der Waals surface area contributed by atoms with Crippen LogP contribution >= 0.6 is 0 Å². The van der Waals surface area contributed by atoms with Crippen LogP contribution in [0.4, 0.5) is 11.4 Å². The fraction of sp³-hybridized carbons (Fsp3) is 0.229. The quantitative estimate of drug-likeness (QED) is 0.0985. The Morgan fingerprint density at radius 1 is 0.870 bits per heavy atom. The predicted molar refractivity (Wildman–Crippen MR) is 166 cm³/mol. The molecule has 232 valence electrons. The van der Waals surface area contributed by atoms with Crippen molar-refractivity contribution in [3.63, 3.8) is 0 Å². The zero-order chi connectivity index (χ0) is 33.1. The molecule has 0 saturated heterocycles. The van der Waals surface area contributed by atoms with Crippen molar-refractivity contribution in [2.24, 2.45) is 11.3 Å². The number of ketones is 1. The summed E-state index contributed by atoms with van der Waals surface area (Å²) in [4.78, 5) is 51.5. The number of benzene rings is 4. The van der Waals surface area contributed by atoms with Crippen molar-refractivity contribution in [3.05, 3.63) is 152 Å². The molecule has 0 aromatic heterocycles. The monoisotopic (exact) mass is 619 g/mol. The molecule has 0 unspecified atom stereocenters. The molecule has 1 aliphatic carbocycles. The molecule has 1 fully saturated rings. The third-order valence-electron chi connectivity index (χ3n) is 8.74. The maximum Gasteiger partial charge on any atom is 0.327 e. The van der Waals surface area contributed by atoms with Crippen LogP contribution in [0.15, 0.2) is 109 Å². The summed E-state index contributed by atoms with van der Waals surface area (Å²) in [5.41, 5.74) is -4.30. The van der Waals surface area contributed by atoms with Gasteiger partial charge in [-0.1, -0.05) is 84.9 Å². The van der Waals surface area contributed by atoms with Gasteiger partial charge in [-0.15, -0.1) is 0 Å². The minimum Gasteiger partial charge on any atom is -0.465 e. The van der Waals surface area contributed by atoms with Crippen LogP contribution in [-0.2, 0) is 15.1 Å². The Kier molecular flexibility index (Phi) is 8.76. The third-order valence-corrected chi connectivity index (χ3v) is 8.74. The van der Waals surface area contributed by atoms with E-state index in [-0.39, 0.29) is 41.1 Å². The first-order valence-corrected chi connectivity index (χ1v) is 14.5. The first-order chi connectivity index (χ1) is 22.1. The van der Waals surface area contributed by atoms with E-state index in [1.54, 1.807) is 67.6 Å². The van der Waals surface area contributed by atoms with Gasteiger partial charge in [0.1, 0.15) is 5.60 Å². The van der Waals surface area contributed by atoms with E-state index in [1.165, 1.54) is 48.5 Å². The maximum absolute atomic E-state index is 14.7. The van der Waals surface area contributed by atoms with Gasteiger partial charge in [-0.05, 0) is 30.0 Å². The Morgan fingerprint density at radius 3 is 1.96 bits per heavy atom. The van der Waals surface area contributed by atoms with Gasteiger partial charge < -0.3 is 9.84 Å². The van der Waals surface area contributed by atoms with Crippen molar-refractivity contribution in [2.45, 2.75) is 30.8 Å². The van der Waals surface area contributed by atoms with Crippen molar-refractivity contribution in [1.29, 1.82) is 5.26 Å². The molecule has 5 atom stereocenters. The number of nitro benzene ring substituents is 2. The van der Waals surface area contributed by atoms with Gasteiger partial charge in [0.25, 0.3) is 11.4 Å². The third kappa shape index (κ3) is 5.39. The SMILES string of the molecule is CCOC(=O)[C@@]1(C#N)[C@H](c2cccc([N+](=O)[O-])c2)[C@@H](C(=O)c2ccccc2)[C@@](O)(c2ccccc2)C[C@H]1c1cccc([N+](=O)[O-])c1. The van der Waals surface area contributed by atoms with Crippen LogP contribution in [0.3, 0.4) is 0 Å². The number of non-ortho nitro benzene ring substituents is 2. The second-order valence-electron chi connectivity index (χ2n) is 11.1. The molecule has 1 saturated carbocycles. The molecule has 0 heterocycles. The summed E-state index contributed by atoms with van der Waals surface area (Å²) in [5, 5.41) is 47.9. The molecular weight excluding hydrogens is 590 g/mol. The van der Waals surface area contributed by atoms with Crippen molar-refractivity contribution >= 4 is 23.1 Å². The number of ether oxygens (including phenoxy) is 1. The molecule has 0 spiro atoms. The van der Waals surface area contributed by atoms with Crippen LogP contribution in [-0.4, -0.2) is 33.3 Å². The number of hydrogen-bond acceptors (Lipinski definition) is 9. The van der Waals surface area contributed by atoms with E-state index in [0.717, 1.165) is 0 Å². The molecular formula is C35H29N3O8. The molecule has 46 heavy (non-hydrogen) atoms. The fourth-order valence-electron chi connectivity index (χ4n) is 6.76. The Hall–Kier alpha value is -5.73. The Labute approximate surface area is 264 Å². The number of esters is 1. The molecule has 0 amide bonds. The summed E-state index contributed by atoms with van der Waals surface area (Å²) in [5.74, 6) is -5.97. The molecule has 1 aliphatic rings. The summed E-state index contributed by atoms with van der Waals surface area (Å²) < 4.78 is 5.52. The average Bonchev–Trinajstić information content (AvgIpc) is 3.08. The van der Waals surface area contributed by atoms with Crippen LogP contribution in [0.5, 0.6) is 0 Å². The molecule has 11 nitrogen and oxygen atoms in total. The van der Waals surface area contributed by atoms with E-state index >= 15 is 0 Å². The van der Waals surface area contributed by atoms with Crippen LogP contribution in [0.2, 0.25) is 0 Å². The van der Waals surface area contributed by atoms with Crippen LogP contribution in [0.1, 0.15) is 52.2 Å². The number of nitro groups is 2. The van der Waals surface area contributed by atoms with Gasteiger partial charge in [0.2, 0.25) is 0 Å². The first-order valence-electron chi connectivity index (χ1n) is 14.5. The van der Waals surface area contributed by atoms with Gasteiger partial charge in [0, 0.05) is 41.7 Å².